The molecule has 2 heterocycles. The molecular weight excluding hydrogens is 402 g/mol. The van der Waals surface area contributed by atoms with Gasteiger partial charge < -0.3 is 0 Å². The van der Waals surface area contributed by atoms with Crippen LogP contribution >= 0.6 is 27.5 Å². The highest BCUT2D eigenvalue weighted by atomic mass is 79.9. The van der Waals surface area contributed by atoms with Crippen molar-refractivity contribution >= 4 is 38.4 Å². The molecule has 0 saturated heterocycles. The summed E-state index contributed by atoms with van der Waals surface area (Å²) in [6.07, 6.45) is 1.62. The predicted octanol–water partition coefficient (Wildman–Crippen LogP) is 5.11. The summed E-state index contributed by atoms with van der Waals surface area (Å²) in [5, 5.41) is 4.41. The van der Waals surface area contributed by atoms with Crippen molar-refractivity contribution in [2.24, 2.45) is 0 Å². The SMILES string of the molecule is Cc1ncc2c(=O)n(-c3ccc(Cl)cc3)[nH]c2c1-c1ccc(Br)cc1. The molecule has 1 N–H and O–H groups in total. The number of halogens is 2. The summed E-state index contributed by atoms with van der Waals surface area (Å²) >= 11 is 9.40. The molecule has 0 aliphatic rings. The molecule has 6 heteroatoms. The second-order valence-corrected chi connectivity index (χ2v) is 7.10. The first kappa shape index (κ1) is 16.1. The summed E-state index contributed by atoms with van der Waals surface area (Å²) in [7, 11) is 0. The van der Waals surface area contributed by atoms with Crippen LogP contribution < -0.4 is 5.56 Å². The summed E-state index contributed by atoms with van der Waals surface area (Å²) in [6, 6.07) is 15.1. The minimum absolute atomic E-state index is 0.136. The minimum atomic E-state index is -0.136. The Morgan fingerprint density at radius 2 is 1.76 bits per heavy atom. The minimum Gasteiger partial charge on any atom is -0.290 e. The standard InChI is InChI=1S/C19H13BrClN3O/c1-11-17(12-2-4-13(20)5-3-12)18-16(10-22-11)19(25)24(23-18)15-8-6-14(21)7-9-15/h2-10,23H,1H3. The summed E-state index contributed by atoms with van der Waals surface area (Å²) in [4.78, 5) is 17.2. The van der Waals surface area contributed by atoms with Gasteiger partial charge in [0.05, 0.1) is 16.6 Å². The Hall–Kier alpha value is -2.37. The quantitative estimate of drug-likeness (QED) is 0.496. The molecule has 0 bridgehead atoms. The van der Waals surface area contributed by atoms with Crippen LogP contribution in [0.3, 0.4) is 0 Å². The smallest absolute Gasteiger partial charge is 0.280 e. The number of nitrogens with one attached hydrogen (secondary N) is 1. The van der Waals surface area contributed by atoms with Crippen LogP contribution in [0.15, 0.2) is 64.0 Å². The van der Waals surface area contributed by atoms with Gasteiger partial charge in [0.2, 0.25) is 0 Å². The largest absolute Gasteiger partial charge is 0.290 e. The second kappa shape index (κ2) is 6.17. The first-order valence-corrected chi connectivity index (χ1v) is 8.84. The maximum Gasteiger partial charge on any atom is 0.280 e. The average Bonchev–Trinajstić information content (AvgIpc) is 2.93. The number of rotatable bonds is 2. The highest BCUT2D eigenvalue weighted by Crippen LogP contribution is 2.29. The van der Waals surface area contributed by atoms with Crippen molar-refractivity contribution < 1.29 is 0 Å². The molecule has 0 fully saturated rings. The number of aromatic nitrogens is 3. The highest BCUT2D eigenvalue weighted by molar-refractivity contribution is 9.10. The zero-order valence-corrected chi connectivity index (χ0v) is 15.6. The fraction of sp³-hybridized carbons (Fsp3) is 0.0526. The molecule has 4 aromatic rings. The first-order valence-electron chi connectivity index (χ1n) is 7.67. The normalized spacial score (nSPS) is 11.2. The molecule has 0 saturated carbocycles. The third-order valence-corrected chi connectivity index (χ3v) is 4.92. The van der Waals surface area contributed by atoms with Gasteiger partial charge in [0, 0.05) is 26.9 Å². The number of nitrogens with zero attached hydrogens (tertiary/aromatic N) is 2. The molecule has 4 rings (SSSR count). The maximum absolute atomic E-state index is 12.8. The molecule has 0 atom stereocenters. The van der Waals surface area contributed by atoms with Crippen molar-refractivity contribution in [1.82, 2.24) is 14.8 Å². The van der Waals surface area contributed by atoms with Crippen LogP contribution in [0.4, 0.5) is 0 Å². The summed E-state index contributed by atoms with van der Waals surface area (Å²) in [5.41, 5.74) is 4.15. The molecule has 0 aliphatic heterocycles. The maximum atomic E-state index is 12.8. The molecule has 0 aliphatic carbocycles. The van der Waals surface area contributed by atoms with E-state index in [0.717, 1.165) is 32.5 Å². The molecule has 0 spiro atoms. The van der Waals surface area contributed by atoms with E-state index in [4.69, 9.17) is 11.6 Å². The lowest BCUT2D eigenvalue weighted by molar-refractivity contribution is 0.864. The van der Waals surface area contributed by atoms with Crippen LogP contribution in [0.5, 0.6) is 0 Å². The molecule has 0 amide bonds. The van der Waals surface area contributed by atoms with E-state index in [2.05, 4.69) is 26.0 Å². The number of aromatic amines is 1. The van der Waals surface area contributed by atoms with Crippen LogP contribution in [-0.2, 0) is 0 Å². The van der Waals surface area contributed by atoms with E-state index in [0.29, 0.717) is 10.4 Å². The van der Waals surface area contributed by atoms with Crippen molar-refractivity contribution in [3.8, 4) is 16.8 Å². The Kier molecular flexibility index (Phi) is 3.98. The van der Waals surface area contributed by atoms with Gasteiger partial charge >= 0.3 is 0 Å². The number of hydrogen-bond donors (Lipinski definition) is 1. The van der Waals surface area contributed by atoms with E-state index in [9.17, 15) is 4.79 Å². The van der Waals surface area contributed by atoms with E-state index in [1.54, 1.807) is 30.5 Å². The van der Waals surface area contributed by atoms with Gasteiger partial charge in [0.25, 0.3) is 5.56 Å². The topological polar surface area (TPSA) is 50.7 Å². The zero-order valence-electron chi connectivity index (χ0n) is 13.3. The van der Waals surface area contributed by atoms with Crippen LogP contribution in [0.1, 0.15) is 5.69 Å². The van der Waals surface area contributed by atoms with Gasteiger partial charge in [0.15, 0.2) is 0 Å². The molecule has 0 unspecified atom stereocenters. The molecular formula is C19H13BrClN3O. The monoisotopic (exact) mass is 413 g/mol. The van der Waals surface area contributed by atoms with Crippen molar-refractivity contribution in [2.75, 3.05) is 0 Å². The van der Waals surface area contributed by atoms with E-state index >= 15 is 0 Å². The summed E-state index contributed by atoms with van der Waals surface area (Å²) in [6.45, 7) is 1.94. The van der Waals surface area contributed by atoms with E-state index in [1.165, 1.54) is 4.68 Å². The van der Waals surface area contributed by atoms with E-state index < -0.39 is 0 Å². The Labute approximate surface area is 157 Å². The van der Waals surface area contributed by atoms with Gasteiger partial charge in [-0.25, -0.2) is 4.68 Å². The van der Waals surface area contributed by atoms with Crippen molar-refractivity contribution in [3.63, 3.8) is 0 Å². The fourth-order valence-electron chi connectivity index (χ4n) is 2.91. The van der Waals surface area contributed by atoms with Crippen LogP contribution in [0.25, 0.3) is 27.7 Å². The Balaban J connectivity index is 2.00. The molecule has 25 heavy (non-hydrogen) atoms. The van der Waals surface area contributed by atoms with E-state index in [1.807, 2.05) is 31.2 Å². The van der Waals surface area contributed by atoms with E-state index in [-0.39, 0.29) is 5.56 Å². The van der Waals surface area contributed by atoms with Crippen molar-refractivity contribution in [1.29, 1.82) is 0 Å². The zero-order chi connectivity index (χ0) is 17.6. The lowest BCUT2D eigenvalue weighted by atomic mass is 10.0. The van der Waals surface area contributed by atoms with Crippen LogP contribution in [0, 0.1) is 6.92 Å². The average molecular weight is 415 g/mol. The number of H-pyrrole nitrogens is 1. The molecule has 124 valence electrons. The van der Waals surface area contributed by atoms with Crippen LogP contribution in [-0.4, -0.2) is 14.8 Å². The Bertz CT molecular complexity index is 1130. The Morgan fingerprint density at radius 1 is 1.08 bits per heavy atom. The number of fused-ring (bicyclic) bond motifs is 1. The number of pyridine rings is 1. The molecule has 4 nitrogen and oxygen atoms in total. The number of aryl methyl sites for hydroxylation is 1. The first-order chi connectivity index (χ1) is 12.0. The van der Waals surface area contributed by atoms with Gasteiger partial charge in [-0.3, -0.25) is 14.9 Å². The van der Waals surface area contributed by atoms with Gasteiger partial charge in [-0.05, 0) is 48.9 Å². The Morgan fingerprint density at radius 3 is 2.44 bits per heavy atom. The lowest BCUT2D eigenvalue weighted by Crippen LogP contribution is -2.14. The molecule has 2 aromatic heterocycles. The van der Waals surface area contributed by atoms with Crippen LogP contribution in [0.2, 0.25) is 5.02 Å². The number of hydrogen-bond acceptors (Lipinski definition) is 2. The number of benzene rings is 2. The van der Waals surface area contributed by atoms with Gasteiger partial charge in [-0.15, -0.1) is 0 Å². The second-order valence-electron chi connectivity index (χ2n) is 5.74. The third kappa shape index (κ3) is 2.79. The predicted molar refractivity (Wildman–Crippen MR) is 105 cm³/mol. The lowest BCUT2D eigenvalue weighted by Gasteiger charge is -2.07. The molecule has 0 radical (unpaired) electrons. The summed E-state index contributed by atoms with van der Waals surface area (Å²) in [5.74, 6) is 0. The van der Waals surface area contributed by atoms with Gasteiger partial charge in [0.1, 0.15) is 0 Å². The third-order valence-electron chi connectivity index (χ3n) is 4.14. The molecule has 2 aromatic carbocycles. The van der Waals surface area contributed by atoms with Crippen molar-refractivity contribution in [2.45, 2.75) is 6.92 Å². The van der Waals surface area contributed by atoms with Crippen molar-refractivity contribution in [3.05, 3.63) is 80.3 Å². The summed E-state index contributed by atoms with van der Waals surface area (Å²) < 4.78 is 2.52. The van der Waals surface area contributed by atoms with Gasteiger partial charge in [-0.2, -0.15) is 0 Å². The van der Waals surface area contributed by atoms with Gasteiger partial charge in [-0.1, -0.05) is 39.7 Å². The highest BCUT2D eigenvalue weighted by Gasteiger charge is 2.15. The fourth-order valence-corrected chi connectivity index (χ4v) is 3.30.